The van der Waals surface area contributed by atoms with Gasteiger partial charge in [-0.05, 0) is 26.7 Å². The van der Waals surface area contributed by atoms with Crippen molar-refractivity contribution in [1.29, 1.82) is 0 Å². The summed E-state index contributed by atoms with van der Waals surface area (Å²) in [5.41, 5.74) is 0. The number of hydrogen-bond acceptors (Lipinski definition) is 2. The number of hydrogen-bond donors (Lipinski definition) is 0. The second-order valence-corrected chi connectivity index (χ2v) is 3.23. The average Bonchev–Trinajstić information content (AvgIpc) is 2.10. The summed E-state index contributed by atoms with van der Waals surface area (Å²) in [6, 6.07) is 0. The van der Waals surface area contributed by atoms with E-state index < -0.39 is 5.79 Å². The molecule has 2 nitrogen and oxygen atoms in total. The van der Waals surface area contributed by atoms with Gasteiger partial charge < -0.3 is 9.47 Å². The van der Waals surface area contributed by atoms with Crippen molar-refractivity contribution in [2.45, 2.75) is 32.7 Å². The van der Waals surface area contributed by atoms with Crippen LogP contribution in [-0.4, -0.2) is 18.5 Å². The third kappa shape index (κ3) is 1.70. The highest BCUT2D eigenvalue weighted by atomic mass is 16.7. The van der Waals surface area contributed by atoms with E-state index in [4.69, 9.17) is 16.4 Å². The topological polar surface area (TPSA) is 18.5 Å². The van der Waals surface area contributed by atoms with Gasteiger partial charge in [0, 0.05) is 0 Å². The summed E-state index contributed by atoms with van der Waals surface area (Å²) >= 11 is 0. The van der Waals surface area contributed by atoms with Crippen LogP contribution in [0, 0.1) is 12.8 Å². The minimum Gasteiger partial charge on any atom is -0.348 e. The predicted octanol–water partition coefficient (Wildman–Crippen LogP) is 1.49. The summed E-state index contributed by atoms with van der Waals surface area (Å²) in [4.78, 5) is 0. The van der Waals surface area contributed by atoms with Gasteiger partial charge >= 0.3 is 0 Å². The standard InChI is InChI=1S/C8H14O2/c1-6(2)7-5-9-8(3,4)10-7/h1,6-7H,5H2,2-4H3. The van der Waals surface area contributed by atoms with Crippen LogP contribution in [0.5, 0.6) is 0 Å². The van der Waals surface area contributed by atoms with Gasteiger partial charge in [-0.25, -0.2) is 0 Å². The molecule has 0 aromatic heterocycles. The molecule has 1 rings (SSSR count). The molecule has 2 heteroatoms. The molecule has 0 saturated carbocycles. The van der Waals surface area contributed by atoms with Gasteiger partial charge in [0.2, 0.25) is 0 Å². The van der Waals surface area contributed by atoms with Gasteiger partial charge in [-0.2, -0.15) is 0 Å². The Morgan fingerprint density at radius 2 is 2.20 bits per heavy atom. The van der Waals surface area contributed by atoms with E-state index in [0.29, 0.717) is 6.61 Å². The Hall–Kier alpha value is -0.0800. The lowest BCUT2D eigenvalue weighted by Gasteiger charge is -2.18. The first kappa shape index (κ1) is 8.02. The molecule has 0 amide bonds. The van der Waals surface area contributed by atoms with E-state index in [-0.39, 0.29) is 12.0 Å². The Morgan fingerprint density at radius 3 is 2.40 bits per heavy atom. The SMILES string of the molecule is [CH]C(C)C1COC(C)(C)O1. The van der Waals surface area contributed by atoms with Crippen LogP contribution >= 0.6 is 0 Å². The summed E-state index contributed by atoms with van der Waals surface area (Å²) in [7, 11) is 0. The van der Waals surface area contributed by atoms with E-state index in [1.165, 1.54) is 0 Å². The van der Waals surface area contributed by atoms with Crippen molar-refractivity contribution in [2.75, 3.05) is 6.61 Å². The monoisotopic (exact) mass is 142 g/mol. The summed E-state index contributed by atoms with van der Waals surface area (Å²) in [6.07, 6.45) is 0.0648. The van der Waals surface area contributed by atoms with Crippen LogP contribution in [0.1, 0.15) is 20.8 Å². The van der Waals surface area contributed by atoms with Gasteiger partial charge in [0.15, 0.2) is 5.79 Å². The van der Waals surface area contributed by atoms with Crippen molar-refractivity contribution in [3.8, 4) is 0 Å². The Labute approximate surface area is 62.5 Å². The molecule has 2 radical (unpaired) electrons. The molecule has 2 unspecified atom stereocenters. The molecule has 2 atom stereocenters. The maximum atomic E-state index is 5.61. The van der Waals surface area contributed by atoms with E-state index in [1.54, 1.807) is 0 Å². The zero-order valence-corrected chi connectivity index (χ0v) is 6.76. The molecule has 0 bridgehead atoms. The molecule has 1 saturated heterocycles. The predicted molar refractivity (Wildman–Crippen MR) is 38.4 cm³/mol. The number of rotatable bonds is 1. The van der Waals surface area contributed by atoms with Crippen molar-refractivity contribution in [3.05, 3.63) is 6.92 Å². The van der Waals surface area contributed by atoms with Crippen molar-refractivity contribution in [3.63, 3.8) is 0 Å². The van der Waals surface area contributed by atoms with Crippen LogP contribution < -0.4 is 0 Å². The van der Waals surface area contributed by atoms with Gasteiger partial charge in [-0.15, -0.1) is 0 Å². The highest BCUT2D eigenvalue weighted by molar-refractivity contribution is 4.76. The highest BCUT2D eigenvalue weighted by Crippen LogP contribution is 2.25. The van der Waals surface area contributed by atoms with Crippen LogP contribution in [0.3, 0.4) is 0 Å². The molecule has 58 valence electrons. The van der Waals surface area contributed by atoms with E-state index in [2.05, 4.69) is 0 Å². The first-order chi connectivity index (χ1) is 4.51. The molecule has 1 aliphatic heterocycles. The van der Waals surface area contributed by atoms with Gasteiger partial charge in [0.05, 0.1) is 12.7 Å². The Balaban J connectivity index is 2.43. The molecular formula is C8H14O2. The van der Waals surface area contributed by atoms with E-state index >= 15 is 0 Å². The lowest BCUT2D eigenvalue weighted by Crippen LogP contribution is -2.24. The summed E-state index contributed by atoms with van der Waals surface area (Å²) < 4.78 is 10.8. The maximum Gasteiger partial charge on any atom is 0.163 e. The van der Waals surface area contributed by atoms with Crippen LogP contribution in [0.25, 0.3) is 0 Å². The zero-order valence-electron chi connectivity index (χ0n) is 6.76. The fraction of sp³-hybridized carbons (Fsp3) is 0.875. The van der Waals surface area contributed by atoms with Crippen LogP contribution in [0.2, 0.25) is 0 Å². The Kier molecular flexibility index (Phi) is 2.02. The molecule has 1 heterocycles. The second-order valence-electron chi connectivity index (χ2n) is 3.23. The van der Waals surface area contributed by atoms with Crippen LogP contribution in [0.15, 0.2) is 0 Å². The van der Waals surface area contributed by atoms with Crippen molar-refractivity contribution in [2.24, 2.45) is 5.92 Å². The summed E-state index contributed by atoms with van der Waals surface area (Å²) in [6.45, 7) is 12.0. The minimum absolute atomic E-state index is 0.0572. The third-order valence-electron chi connectivity index (χ3n) is 1.62. The van der Waals surface area contributed by atoms with Crippen molar-refractivity contribution in [1.82, 2.24) is 0 Å². The quantitative estimate of drug-likeness (QED) is 0.552. The second kappa shape index (κ2) is 2.51. The van der Waals surface area contributed by atoms with E-state index in [1.807, 2.05) is 20.8 Å². The van der Waals surface area contributed by atoms with E-state index in [9.17, 15) is 0 Å². The van der Waals surface area contributed by atoms with Gasteiger partial charge in [-0.3, -0.25) is 0 Å². The highest BCUT2D eigenvalue weighted by Gasteiger charge is 2.33. The Bertz CT molecular complexity index is 118. The van der Waals surface area contributed by atoms with Gasteiger partial charge in [0.1, 0.15) is 0 Å². The Morgan fingerprint density at radius 1 is 1.60 bits per heavy atom. The summed E-state index contributed by atoms with van der Waals surface area (Å²) in [5.74, 6) is -0.375. The lowest BCUT2D eigenvalue weighted by atomic mass is 10.1. The summed E-state index contributed by atoms with van der Waals surface area (Å²) in [5, 5.41) is 0. The molecule has 1 fully saturated rings. The number of ether oxygens (including phenoxy) is 2. The van der Waals surface area contributed by atoms with Gasteiger partial charge in [0.25, 0.3) is 0 Å². The fourth-order valence-electron chi connectivity index (χ4n) is 0.975. The van der Waals surface area contributed by atoms with Crippen LogP contribution in [-0.2, 0) is 9.47 Å². The molecule has 10 heavy (non-hydrogen) atoms. The normalized spacial score (nSPS) is 31.5. The molecule has 0 aromatic rings. The molecule has 0 N–H and O–H groups in total. The fourth-order valence-corrected chi connectivity index (χ4v) is 0.975. The lowest BCUT2D eigenvalue weighted by molar-refractivity contribution is -0.141. The first-order valence-corrected chi connectivity index (χ1v) is 3.58. The van der Waals surface area contributed by atoms with Crippen LogP contribution in [0.4, 0.5) is 0 Å². The van der Waals surface area contributed by atoms with Gasteiger partial charge in [-0.1, -0.05) is 6.92 Å². The smallest absolute Gasteiger partial charge is 0.163 e. The first-order valence-electron chi connectivity index (χ1n) is 3.58. The maximum absolute atomic E-state index is 5.61. The van der Waals surface area contributed by atoms with Crippen molar-refractivity contribution < 1.29 is 9.47 Å². The van der Waals surface area contributed by atoms with E-state index in [0.717, 1.165) is 0 Å². The molecule has 0 aromatic carbocycles. The third-order valence-corrected chi connectivity index (χ3v) is 1.62. The molecule has 1 aliphatic rings. The molecule has 0 spiro atoms. The molecule has 0 aliphatic carbocycles. The molecular weight excluding hydrogens is 128 g/mol. The zero-order chi connectivity index (χ0) is 7.78. The van der Waals surface area contributed by atoms with Crippen molar-refractivity contribution >= 4 is 0 Å². The minimum atomic E-state index is -0.432. The largest absolute Gasteiger partial charge is 0.348 e. The average molecular weight is 142 g/mol.